The number of hydrogen-bond acceptors (Lipinski definition) is 2. The number of hydrogen-bond donors (Lipinski definition) is 1. The van der Waals surface area contributed by atoms with Gasteiger partial charge in [-0.25, -0.2) is 9.37 Å². The lowest BCUT2D eigenvalue weighted by Crippen LogP contribution is -2.24. The van der Waals surface area contributed by atoms with E-state index in [0.29, 0.717) is 6.54 Å². The van der Waals surface area contributed by atoms with Crippen molar-refractivity contribution < 1.29 is 4.39 Å². The molecule has 0 saturated heterocycles. The molecule has 0 spiro atoms. The summed E-state index contributed by atoms with van der Waals surface area (Å²) in [7, 11) is 0. The molecule has 1 unspecified atom stereocenters. The fourth-order valence-electron chi connectivity index (χ4n) is 3.19. The van der Waals surface area contributed by atoms with Gasteiger partial charge in [0.1, 0.15) is 11.6 Å². The first-order valence-corrected chi connectivity index (χ1v) is 7.23. The highest BCUT2D eigenvalue weighted by Crippen LogP contribution is 2.28. The lowest BCUT2D eigenvalue weighted by Gasteiger charge is -2.23. The minimum absolute atomic E-state index is 0.0462. The molecule has 1 aliphatic carbocycles. The third kappa shape index (κ3) is 2.24. The Morgan fingerprint density at radius 2 is 1.95 bits per heavy atom. The summed E-state index contributed by atoms with van der Waals surface area (Å²) in [6.07, 6.45) is 4.55. The topological polar surface area (TPSA) is 43.8 Å². The Balaban J connectivity index is 2.05. The van der Waals surface area contributed by atoms with Crippen LogP contribution < -0.4 is 5.73 Å². The molecule has 0 aliphatic heterocycles. The summed E-state index contributed by atoms with van der Waals surface area (Å²) in [5, 5.41) is 0. The van der Waals surface area contributed by atoms with Crippen molar-refractivity contribution in [2.75, 3.05) is 6.54 Å². The van der Waals surface area contributed by atoms with Crippen molar-refractivity contribution in [1.82, 2.24) is 9.55 Å². The average Bonchev–Trinajstić information content (AvgIpc) is 2.79. The Morgan fingerprint density at radius 3 is 2.65 bits per heavy atom. The van der Waals surface area contributed by atoms with E-state index < -0.39 is 0 Å². The van der Waals surface area contributed by atoms with Gasteiger partial charge in [0.25, 0.3) is 0 Å². The van der Waals surface area contributed by atoms with E-state index in [1.165, 1.54) is 36.4 Å². The Morgan fingerprint density at radius 1 is 1.25 bits per heavy atom. The maximum absolute atomic E-state index is 13.1. The second kappa shape index (κ2) is 5.37. The Hall–Kier alpha value is -1.68. The molecular weight excluding hydrogens is 253 g/mol. The molecule has 0 fully saturated rings. The maximum Gasteiger partial charge on any atom is 0.123 e. The molecule has 20 heavy (non-hydrogen) atoms. The van der Waals surface area contributed by atoms with Gasteiger partial charge in [-0.3, -0.25) is 0 Å². The van der Waals surface area contributed by atoms with E-state index in [2.05, 4.69) is 4.57 Å². The molecule has 0 bridgehead atoms. The third-order valence-electron chi connectivity index (χ3n) is 4.14. The summed E-state index contributed by atoms with van der Waals surface area (Å²) in [6.45, 7) is 2.53. The first kappa shape index (κ1) is 13.3. The van der Waals surface area contributed by atoms with Crippen molar-refractivity contribution in [3.63, 3.8) is 0 Å². The zero-order valence-corrected chi connectivity index (χ0v) is 11.8. The molecule has 0 radical (unpaired) electrons. The zero-order valence-electron chi connectivity index (χ0n) is 11.8. The molecule has 1 aromatic carbocycles. The number of halogens is 1. The van der Waals surface area contributed by atoms with E-state index in [1.807, 2.05) is 19.1 Å². The molecule has 1 aromatic heterocycles. The predicted octanol–water partition coefficient (Wildman–Crippen LogP) is 2.76. The molecule has 2 aromatic rings. The monoisotopic (exact) mass is 273 g/mol. The van der Waals surface area contributed by atoms with Crippen molar-refractivity contribution in [3.05, 3.63) is 52.9 Å². The van der Waals surface area contributed by atoms with Crippen LogP contribution in [0, 0.1) is 12.7 Å². The molecule has 2 N–H and O–H groups in total. The van der Waals surface area contributed by atoms with Gasteiger partial charge in [0.05, 0.1) is 11.7 Å². The average molecular weight is 273 g/mol. The highest BCUT2D eigenvalue weighted by molar-refractivity contribution is 5.27. The molecule has 106 valence electrons. The number of nitrogens with zero attached hydrogens (tertiary/aromatic N) is 2. The second-order valence-corrected chi connectivity index (χ2v) is 5.43. The van der Waals surface area contributed by atoms with Gasteiger partial charge in [0, 0.05) is 12.2 Å². The third-order valence-corrected chi connectivity index (χ3v) is 4.14. The molecule has 3 rings (SSSR count). The van der Waals surface area contributed by atoms with Crippen LogP contribution >= 0.6 is 0 Å². The van der Waals surface area contributed by atoms with Gasteiger partial charge < -0.3 is 10.3 Å². The standard InChI is InChI=1S/C16H20FN3/c1-11-19-14-4-2-3-5-15(14)20(11)16(10-18)12-6-8-13(17)9-7-12/h6-9,16H,2-5,10,18H2,1H3. The number of aromatic nitrogens is 2. The molecule has 4 heteroatoms. The van der Waals surface area contributed by atoms with Crippen molar-refractivity contribution in [2.24, 2.45) is 5.73 Å². The molecule has 1 heterocycles. The lowest BCUT2D eigenvalue weighted by atomic mass is 9.99. The van der Waals surface area contributed by atoms with E-state index in [0.717, 1.165) is 24.2 Å². The first-order chi connectivity index (χ1) is 9.70. The van der Waals surface area contributed by atoms with Crippen LogP contribution in [0.5, 0.6) is 0 Å². The number of nitrogens with two attached hydrogens (primary N) is 1. The van der Waals surface area contributed by atoms with Crippen molar-refractivity contribution in [1.29, 1.82) is 0 Å². The smallest absolute Gasteiger partial charge is 0.123 e. The number of fused-ring (bicyclic) bond motifs is 1. The van der Waals surface area contributed by atoms with Crippen LogP contribution in [0.3, 0.4) is 0 Å². The van der Waals surface area contributed by atoms with Crippen molar-refractivity contribution >= 4 is 0 Å². The van der Waals surface area contributed by atoms with Crippen LogP contribution in [-0.2, 0) is 12.8 Å². The molecule has 1 aliphatic rings. The number of benzene rings is 1. The fraction of sp³-hybridized carbons (Fsp3) is 0.438. The highest BCUT2D eigenvalue weighted by Gasteiger charge is 2.23. The predicted molar refractivity (Wildman–Crippen MR) is 77.2 cm³/mol. The van der Waals surface area contributed by atoms with Gasteiger partial charge in [-0.2, -0.15) is 0 Å². The first-order valence-electron chi connectivity index (χ1n) is 7.23. The normalized spacial score (nSPS) is 15.9. The molecular formula is C16H20FN3. The van der Waals surface area contributed by atoms with Gasteiger partial charge in [-0.1, -0.05) is 12.1 Å². The molecule has 3 nitrogen and oxygen atoms in total. The minimum Gasteiger partial charge on any atom is -0.328 e. The van der Waals surface area contributed by atoms with E-state index in [4.69, 9.17) is 10.7 Å². The van der Waals surface area contributed by atoms with Gasteiger partial charge in [0.2, 0.25) is 0 Å². The van der Waals surface area contributed by atoms with Gasteiger partial charge in [-0.15, -0.1) is 0 Å². The van der Waals surface area contributed by atoms with Crippen LogP contribution in [0.15, 0.2) is 24.3 Å². The van der Waals surface area contributed by atoms with Crippen LogP contribution in [0.4, 0.5) is 4.39 Å². The largest absolute Gasteiger partial charge is 0.328 e. The quantitative estimate of drug-likeness (QED) is 0.934. The van der Waals surface area contributed by atoms with E-state index >= 15 is 0 Å². The maximum atomic E-state index is 13.1. The van der Waals surface area contributed by atoms with E-state index in [1.54, 1.807) is 0 Å². The lowest BCUT2D eigenvalue weighted by molar-refractivity contribution is 0.535. The summed E-state index contributed by atoms with van der Waals surface area (Å²) in [5.41, 5.74) is 9.57. The Bertz CT molecular complexity index is 601. The van der Waals surface area contributed by atoms with E-state index in [9.17, 15) is 4.39 Å². The van der Waals surface area contributed by atoms with Crippen LogP contribution in [-0.4, -0.2) is 16.1 Å². The zero-order chi connectivity index (χ0) is 14.1. The molecule has 0 saturated carbocycles. The van der Waals surface area contributed by atoms with Crippen molar-refractivity contribution in [3.8, 4) is 0 Å². The molecule has 0 amide bonds. The fourth-order valence-corrected chi connectivity index (χ4v) is 3.19. The summed E-state index contributed by atoms with van der Waals surface area (Å²) in [6, 6.07) is 6.68. The number of rotatable bonds is 3. The SMILES string of the molecule is Cc1nc2c(n1C(CN)c1ccc(F)cc1)CCCC2. The Kier molecular flexibility index (Phi) is 3.57. The summed E-state index contributed by atoms with van der Waals surface area (Å²) >= 11 is 0. The van der Waals surface area contributed by atoms with Gasteiger partial charge in [-0.05, 0) is 50.3 Å². The van der Waals surface area contributed by atoms with Gasteiger partial charge in [0.15, 0.2) is 0 Å². The van der Waals surface area contributed by atoms with Crippen LogP contribution in [0.1, 0.15) is 41.7 Å². The summed E-state index contributed by atoms with van der Waals surface area (Å²) < 4.78 is 15.4. The van der Waals surface area contributed by atoms with Crippen LogP contribution in [0.25, 0.3) is 0 Å². The summed E-state index contributed by atoms with van der Waals surface area (Å²) in [5.74, 6) is 0.797. The summed E-state index contributed by atoms with van der Waals surface area (Å²) in [4.78, 5) is 4.70. The van der Waals surface area contributed by atoms with Crippen molar-refractivity contribution in [2.45, 2.75) is 38.6 Å². The van der Waals surface area contributed by atoms with Gasteiger partial charge >= 0.3 is 0 Å². The number of imidazole rings is 1. The minimum atomic E-state index is -0.214. The number of aryl methyl sites for hydroxylation is 2. The van der Waals surface area contributed by atoms with E-state index in [-0.39, 0.29) is 11.9 Å². The molecule has 1 atom stereocenters. The highest BCUT2D eigenvalue weighted by atomic mass is 19.1. The van der Waals surface area contributed by atoms with Crippen LogP contribution in [0.2, 0.25) is 0 Å². The second-order valence-electron chi connectivity index (χ2n) is 5.43. The Labute approximate surface area is 118 Å².